The van der Waals surface area contributed by atoms with E-state index in [-0.39, 0.29) is 11.8 Å². The Hall–Kier alpha value is -2.11. The zero-order valence-corrected chi connectivity index (χ0v) is 14.1. The monoisotopic (exact) mass is 328 g/mol. The third-order valence-corrected chi connectivity index (χ3v) is 5.35. The van der Waals surface area contributed by atoms with Crippen molar-refractivity contribution in [3.05, 3.63) is 35.2 Å². The molecule has 1 aliphatic heterocycles. The molecule has 2 aromatic rings. The number of carbonyl (C=O) groups is 1. The molecule has 3 heterocycles. The highest BCUT2D eigenvalue weighted by atomic mass is 16.5. The van der Waals surface area contributed by atoms with Crippen LogP contribution in [0.1, 0.15) is 78.1 Å². The number of hydrogen-bond donors (Lipinski definition) is 1. The quantitative estimate of drug-likeness (QED) is 0.937. The number of likely N-dealkylation sites (tertiary alicyclic amines) is 1. The van der Waals surface area contributed by atoms with Crippen LogP contribution < -0.4 is 0 Å². The van der Waals surface area contributed by atoms with Crippen LogP contribution in [0, 0.1) is 6.92 Å². The Morgan fingerprint density at radius 1 is 1.25 bits per heavy atom. The first-order valence-corrected chi connectivity index (χ1v) is 8.98. The molecular formula is C18H24N4O2. The molecule has 1 aliphatic carbocycles. The van der Waals surface area contributed by atoms with Crippen LogP contribution in [0.5, 0.6) is 0 Å². The van der Waals surface area contributed by atoms with E-state index in [1.807, 2.05) is 24.1 Å². The minimum absolute atomic E-state index is 0.0460. The van der Waals surface area contributed by atoms with Crippen molar-refractivity contribution in [1.29, 1.82) is 0 Å². The van der Waals surface area contributed by atoms with Crippen LogP contribution in [0.4, 0.5) is 0 Å². The number of nitrogens with one attached hydrogen (secondary N) is 1. The molecule has 0 bridgehead atoms. The number of H-pyrrole nitrogens is 1. The van der Waals surface area contributed by atoms with Crippen molar-refractivity contribution in [2.24, 2.45) is 0 Å². The molecule has 0 spiro atoms. The predicted molar refractivity (Wildman–Crippen MR) is 88.9 cm³/mol. The van der Waals surface area contributed by atoms with Gasteiger partial charge in [-0.05, 0) is 26.2 Å². The van der Waals surface area contributed by atoms with Gasteiger partial charge in [0.15, 0.2) is 0 Å². The van der Waals surface area contributed by atoms with Gasteiger partial charge in [0.05, 0.1) is 5.69 Å². The highest BCUT2D eigenvalue weighted by Gasteiger charge is 2.32. The second-order valence-electron chi connectivity index (χ2n) is 7.14. The molecule has 2 aromatic heterocycles. The molecular weight excluding hydrogens is 304 g/mol. The number of imidazole rings is 1. The largest absolute Gasteiger partial charge is 0.351 e. The molecule has 2 fully saturated rings. The topological polar surface area (TPSA) is 75.0 Å². The summed E-state index contributed by atoms with van der Waals surface area (Å²) in [7, 11) is 0. The molecule has 1 atom stereocenters. The maximum atomic E-state index is 12.7. The lowest BCUT2D eigenvalue weighted by atomic mass is 9.87. The van der Waals surface area contributed by atoms with E-state index in [1.54, 1.807) is 0 Å². The lowest BCUT2D eigenvalue weighted by Crippen LogP contribution is -2.28. The summed E-state index contributed by atoms with van der Waals surface area (Å²) < 4.78 is 5.37. The first-order valence-electron chi connectivity index (χ1n) is 8.98. The van der Waals surface area contributed by atoms with Gasteiger partial charge in [-0.15, -0.1) is 0 Å². The van der Waals surface area contributed by atoms with Gasteiger partial charge in [-0.2, -0.15) is 0 Å². The molecule has 128 valence electrons. The number of aromatic nitrogens is 3. The fraction of sp³-hybridized carbons (Fsp3) is 0.611. The van der Waals surface area contributed by atoms with Crippen LogP contribution in [-0.2, 0) is 0 Å². The maximum Gasteiger partial charge on any atom is 0.292 e. The highest BCUT2D eigenvalue weighted by Crippen LogP contribution is 2.33. The molecule has 1 amide bonds. The summed E-state index contributed by atoms with van der Waals surface area (Å²) in [5, 5.41) is 4.17. The second-order valence-corrected chi connectivity index (χ2v) is 7.14. The van der Waals surface area contributed by atoms with Crippen LogP contribution >= 0.6 is 0 Å². The summed E-state index contributed by atoms with van der Waals surface area (Å²) in [4.78, 5) is 22.2. The average Bonchev–Trinajstić information content (AvgIpc) is 3.35. The van der Waals surface area contributed by atoms with E-state index in [0.29, 0.717) is 18.2 Å². The molecule has 1 saturated carbocycles. The summed E-state index contributed by atoms with van der Waals surface area (Å²) in [6.45, 7) is 3.42. The van der Waals surface area contributed by atoms with Gasteiger partial charge in [-0.1, -0.05) is 24.4 Å². The Balaban J connectivity index is 1.42. The summed E-state index contributed by atoms with van der Waals surface area (Å²) >= 11 is 0. The van der Waals surface area contributed by atoms with Gasteiger partial charge in [0, 0.05) is 42.9 Å². The van der Waals surface area contributed by atoms with E-state index in [9.17, 15) is 4.79 Å². The van der Waals surface area contributed by atoms with E-state index in [0.717, 1.165) is 43.0 Å². The molecule has 4 rings (SSSR count). The maximum absolute atomic E-state index is 12.7. The lowest BCUT2D eigenvalue weighted by Gasteiger charge is -2.18. The van der Waals surface area contributed by atoms with Crippen molar-refractivity contribution in [3.8, 4) is 0 Å². The van der Waals surface area contributed by atoms with E-state index < -0.39 is 0 Å². The Kier molecular flexibility index (Phi) is 4.12. The van der Waals surface area contributed by atoms with Crippen molar-refractivity contribution >= 4 is 5.91 Å². The van der Waals surface area contributed by atoms with Crippen LogP contribution in [0.15, 0.2) is 16.8 Å². The first kappa shape index (κ1) is 15.4. The third kappa shape index (κ3) is 2.97. The molecule has 0 aromatic carbocycles. The second kappa shape index (κ2) is 6.42. The van der Waals surface area contributed by atoms with Crippen molar-refractivity contribution in [1.82, 2.24) is 20.0 Å². The number of nitrogens with zero attached hydrogens (tertiary/aromatic N) is 3. The van der Waals surface area contributed by atoms with Crippen LogP contribution in [0.3, 0.4) is 0 Å². The smallest absolute Gasteiger partial charge is 0.292 e. The summed E-state index contributed by atoms with van der Waals surface area (Å²) in [5.41, 5.74) is 2.01. The van der Waals surface area contributed by atoms with E-state index in [4.69, 9.17) is 4.52 Å². The SMILES string of the molecule is Cc1cnc(C2CCN(C(=O)c3cc(C4CCCCC4)no3)C2)[nH]1. The minimum atomic E-state index is -0.0460. The molecule has 6 heteroatoms. The molecule has 24 heavy (non-hydrogen) atoms. The van der Waals surface area contributed by atoms with E-state index >= 15 is 0 Å². The Labute approximate surface area is 141 Å². The minimum Gasteiger partial charge on any atom is -0.351 e. The lowest BCUT2D eigenvalue weighted by molar-refractivity contribution is 0.0749. The van der Waals surface area contributed by atoms with Gasteiger partial charge in [0.2, 0.25) is 5.76 Å². The van der Waals surface area contributed by atoms with E-state index in [1.165, 1.54) is 19.3 Å². The Bertz CT molecular complexity index is 714. The van der Waals surface area contributed by atoms with E-state index in [2.05, 4.69) is 15.1 Å². The fourth-order valence-electron chi connectivity index (χ4n) is 3.94. The Morgan fingerprint density at radius 2 is 2.08 bits per heavy atom. The van der Waals surface area contributed by atoms with Gasteiger partial charge in [0.1, 0.15) is 5.82 Å². The van der Waals surface area contributed by atoms with Crippen molar-refractivity contribution in [3.63, 3.8) is 0 Å². The van der Waals surface area contributed by atoms with Crippen molar-refractivity contribution < 1.29 is 9.32 Å². The van der Waals surface area contributed by atoms with Gasteiger partial charge in [0.25, 0.3) is 5.91 Å². The molecule has 2 aliphatic rings. The van der Waals surface area contributed by atoms with Gasteiger partial charge in [-0.3, -0.25) is 4.79 Å². The molecule has 6 nitrogen and oxygen atoms in total. The summed E-state index contributed by atoms with van der Waals surface area (Å²) in [6.07, 6.45) is 8.89. The zero-order chi connectivity index (χ0) is 16.5. The Morgan fingerprint density at radius 3 is 2.83 bits per heavy atom. The standard InChI is InChI=1S/C18H24N4O2/c1-12-10-19-17(20-12)14-7-8-22(11-14)18(23)16-9-15(21-24-16)13-5-3-2-4-6-13/h9-10,13-14H,2-8,11H2,1H3,(H,19,20). The summed E-state index contributed by atoms with van der Waals surface area (Å²) in [5.74, 6) is 2.05. The molecule has 1 N–H and O–H groups in total. The van der Waals surface area contributed by atoms with Crippen LogP contribution in [-0.4, -0.2) is 39.0 Å². The van der Waals surface area contributed by atoms with Gasteiger partial charge in [-0.25, -0.2) is 4.98 Å². The number of carbonyl (C=O) groups excluding carboxylic acids is 1. The highest BCUT2D eigenvalue weighted by molar-refractivity contribution is 5.91. The fourth-order valence-corrected chi connectivity index (χ4v) is 3.94. The molecule has 0 radical (unpaired) electrons. The van der Waals surface area contributed by atoms with Crippen molar-refractivity contribution in [2.75, 3.05) is 13.1 Å². The number of aromatic amines is 1. The third-order valence-electron chi connectivity index (χ3n) is 5.35. The molecule has 1 unspecified atom stereocenters. The number of rotatable bonds is 3. The van der Waals surface area contributed by atoms with Crippen LogP contribution in [0.25, 0.3) is 0 Å². The number of hydrogen-bond acceptors (Lipinski definition) is 4. The number of amides is 1. The first-order chi connectivity index (χ1) is 11.7. The summed E-state index contributed by atoms with van der Waals surface area (Å²) in [6, 6.07) is 1.86. The van der Waals surface area contributed by atoms with Crippen molar-refractivity contribution in [2.45, 2.75) is 57.3 Å². The zero-order valence-electron chi connectivity index (χ0n) is 14.1. The normalized spacial score (nSPS) is 22.2. The number of aryl methyl sites for hydroxylation is 1. The van der Waals surface area contributed by atoms with Gasteiger partial charge < -0.3 is 14.4 Å². The average molecular weight is 328 g/mol. The van der Waals surface area contributed by atoms with Gasteiger partial charge >= 0.3 is 0 Å². The predicted octanol–water partition coefficient (Wildman–Crippen LogP) is 3.38. The van der Waals surface area contributed by atoms with Crippen LogP contribution in [0.2, 0.25) is 0 Å². The molecule has 1 saturated heterocycles.